The summed E-state index contributed by atoms with van der Waals surface area (Å²) in [6.07, 6.45) is 0.686. The van der Waals surface area contributed by atoms with E-state index in [0.717, 1.165) is 0 Å². The number of carbonyl (C=O) groups is 2. The summed E-state index contributed by atoms with van der Waals surface area (Å²) in [7, 11) is 3.01. The van der Waals surface area contributed by atoms with Crippen LogP contribution in [0.5, 0.6) is 11.5 Å². The Bertz CT molecular complexity index is 527. The zero-order chi connectivity index (χ0) is 16.0. The fourth-order valence-corrected chi connectivity index (χ4v) is 2.07. The van der Waals surface area contributed by atoms with E-state index in [9.17, 15) is 9.59 Å². The number of aliphatic carboxylic acids is 1. The van der Waals surface area contributed by atoms with Gasteiger partial charge in [-0.25, -0.2) is 0 Å². The van der Waals surface area contributed by atoms with E-state index in [1.54, 1.807) is 19.1 Å². The fourth-order valence-electron chi connectivity index (χ4n) is 2.07. The van der Waals surface area contributed by atoms with Crippen molar-refractivity contribution < 1.29 is 24.2 Å². The average Bonchev–Trinajstić information content (AvgIpc) is 2.45. The lowest BCUT2D eigenvalue weighted by Crippen LogP contribution is -2.36. The van der Waals surface area contributed by atoms with Crippen LogP contribution in [0.25, 0.3) is 0 Å². The minimum atomic E-state index is -1.03. The van der Waals surface area contributed by atoms with Gasteiger partial charge in [-0.2, -0.15) is 0 Å². The number of hydrogen-bond acceptors (Lipinski definition) is 4. The molecule has 1 N–H and O–H groups in total. The molecule has 0 aliphatic carbocycles. The van der Waals surface area contributed by atoms with Crippen molar-refractivity contribution in [3.8, 4) is 11.5 Å². The second-order valence-electron chi connectivity index (χ2n) is 4.64. The fraction of sp³-hybridized carbons (Fsp3) is 0.467. The maximum atomic E-state index is 12.5. The normalized spacial score (nSPS) is 10.1. The van der Waals surface area contributed by atoms with E-state index >= 15 is 0 Å². The van der Waals surface area contributed by atoms with Crippen LogP contribution >= 0.6 is 0 Å². The summed E-state index contributed by atoms with van der Waals surface area (Å²) in [6.45, 7) is 3.74. The van der Waals surface area contributed by atoms with Crippen LogP contribution in [0.15, 0.2) is 12.1 Å². The van der Waals surface area contributed by atoms with Crippen molar-refractivity contribution in [2.45, 2.75) is 20.3 Å². The number of rotatable bonds is 7. The number of nitrogens with zero attached hydrogens (tertiary/aromatic N) is 1. The molecule has 0 saturated heterocycles. The number of methoxy groups -OCH3 is 2. The number of carbonyl (C=O) groups excluding carboxylic acids is 1. The lowest BCUT2D eigenvalue weighted by atomic mass is 10.1. The van der Waals surface area contributed by atoms with Crippen LogP contribution in [0.4, 0.5) is 0 Å². The molecular weight excluding hydrogens is 274 g/mol. The highest BCUT2D eigenvalue weighted by atomic mass is 16.5. The number of aryl methyl sites for hydroxylation is 1. The van der Waals surface area contributed by atoms with Crippen molar-refractivity contribution in [2.75, 3.05) is 27.3 Å². The maximum Gasteiger partial charge on any atom is 0.323 e. The molecule has 0 saturated carbocycles. The van der Waals surface area contributed by atoms with Gasteiger partial charge in [-0.1, -0.05) is 6.92 Å². The summed E-state index contributed by atoms with van der Waals surface area (Å²) >= 11 is 0. The predicted molar refractivity (Wildman–Crippen MR) is 78.1 cm³/mol. The van der Waals surface area contributed by atoms with Crippen LogP contribution in [0, 0.1) is 6.92 Å². The minimum Gasteiger partial charge on any atom is -0.493 e. The van der Waals surface area contributed by atoms with E-state index in [1.165, 1.54) is 19.1 Å². The van der Waals surface area contributed by atoms with Gasteiger partial charge in [-0.15, -0.1) is 0 Å². The number of ether oxygens (including phenoxy) is 2. The van der Waals surface area contributed by atoms with Crippen LogP contribution in [-0.4, -0.2) is 49.2 Å². The van der Waals surface area contributed by atoms with Gasteiger partial charge >= 0.3 is 5.97 Å². The summed E-state index contributed by atoms with van der Waals surface area (Å²) in [5.74, 6) is -0.377. The molecular formula is C15H21NO5. The van der Waals surface area contributed by atoms with Crippen molar-refractivity contribution in [1.29, 1.82) is 0 Å². The maximum absolute atomic E-state index is 12.5. The Morgan fingerprint density at radius 3 is 2.24 bits per heavy atom. The standard InChI is InChI=1S/C15H21NO5/c1-5-6-16(9-14(17)18)15(19)11-8-13(21-4)12(20-3)7-10(11)2/h7-8H,5-6,9H2,1-4H3,(H,17,18). The topological polar surface area (TPSA) is 76.1 Å². The molecule has 0 aliphatic rings. The second-order valence-corrected chi connectivity index (χ2v) is 4.64. The summed E-state index contributed by atoms with van der Waals surface area (Å²) in [6, 6.07) is 3.29. The molecule has 0 fully saturated rings. The van der Waals surface area contributed by atoms with E-state index in [-0.39, 0.29) is 12.5 Å². The van der Waals surface area contributed by atoms with Gasteiger partial charge in [0.25, 0.3) is 5.91 Å². The molecule has 0 unspecified atom stereocenters. The quantitative estimate of drug-likeness (QED) is 0.832. The van der Waals surface area contributed by atoms with Gasteiger partial charge in [0.2, 0.25) is 0 Å². The van der Waals surface area contributed by atoms with Crippen LogP contribution in [0.2, 0.25) is 0 Å². The Morgan fingerprint density at radius 2 is 1.76 bits per heavy atom. The summed E-state index contributed by atoms with van der Waals surface area (Å²) in [4.78, 5) is 24.7. The zero-order valence-corrected chi connectivity index (χ0v) is 12.8. The third-order valence-corrected chi connectivity index (χ3v) is 3.07. The number of hydrogen-bond donors (Lipinski definition) is 1. The van der Waals surface area contributed by atoms with Gasteiger partial charge < -0.3 is 19.5 Å². The molecule has 0 radical (unpaired) electrons. The highest BCUT2D eigenvalue weighted by molar-refractivity contribution is 5.97. The molecule has 1 amide bonds. The third kappa shape index (κ3) is 4.11. The number of amides is 1. The van der Waals surface area contributed by atoms with Crippen molar-refractivity contribution in [1.82, 2.24) is 4.90 Å². The smallest absolute Gasteiger partial charge is 0.323 e. The average molecular weight is 295 g/mol. The van der Waals surface area contributed by atoms with Gasteiger partial charge in [-0.05, 0) is 31.0 Å². The molecule has 0 aliphatic heterocycles. The highest BCUT2D eigenvalue weighted by Gasteiger charge is 2.21. The molecule has 1 aromatic carbocycles. The third-order valence-electron chi connectivity index (χ3n) is 3.07. The number of carboxylic acid groups (broad SMARTS) is 1. The molecule has 116 valence electrons. The first-order chi connectivity index (χ1) is 9.94. The van der Waals surface area contributed by atoms with Gasteiger partial charge in [0.05, 0.1) is 14.2 Å². The van der Waals surface area contributed by atoms with E-state index in [1.807, 2.05) is 6.92 Å². The largest absolute Gasteiger partial charge is 0.493 e. The molecule has 0 spiro atoms. The first-order valence-electron chi connectivity index (χ1n) is 6.68. The van der Waals surface area contributed by atoms with E-state index < -0.39 is 5.97 Å². The summed E-state index contributed by atoms with van der Waals surface area (Å²) in [5.41, 5.74) is 1.13. The van der Waals surface area contributed by atoms with Crippen LogP contribution < -0.4 is 9.47 Å². The molecule has 6 heteroatoms. The van der Waals surface area contributed by atoms with Crippen LogP contribution in [0.3, 0.4) is 0 Å². The highest BCUT2D eigenvalue weighted by Crippen LogP contribution is 2.30. The van der Waals surface area contributed by atoms with Gasteiger partial charge in [0.1, 0.15) is 6.54 Å². The molecule has 0 aromatic heterocycles. The summed E-state index contributed by atoms with van der Waals surface area (Å²) in [5, 5.41) is 8.92. The van der Waals surface area contributed by atoms with Gasteiger partial charge in [0, 0.05) is 12.1 Å². The first-order valence-corrected chi connectivity index (χ1v) is 6.68. The monoisotopic (exact) mass is 295 g/mol. The van der Waals surface area contributed by atoms with Crippen molar-refractivity contribution in [3.63, 3.8) is 0 Å². The Morgan fingerprint density at radius 1 is 1.19 bits per heavy atom. The lowest BCUT2D eigenvalue weighted by Gasteiger charge is -2.21. The molecule has 0 bridgehead atoms. The minimum absolute atomic E-state index is 0.319. The molecule has 21 heavy (non-hydrogen) atoms. The molecule has 0 atom stereocenters. The van der Waals surface area contributed by atoms with Crippen molar-refractivity contribution in [3.05, 3.63) is 23.3 Å². The predicted octanol–water partition coefficient (Wildman–Crippen LogP) is 1.95. The Labute approximate surface area is 124 Å². The molecule has 0 heterocycles. The van der Waals surface area contributed by atoms with Crippen molar-refractivity contribution >= 4 is 11.9 Å². The lowest BCUT2D eigenvalue weighted by molar-refractivity contribution is -0.137. The molecule has 1 rings (SSSR count). The van der Waals surface area contributed by atoms with E-state index in [4.69, 9.17) is 14.6 Å². The first kappa shape index (κ1) is 16.8. The number of carboxylic acids is 1. The zero-order valence-electron chi connectivity index (χ0n) is 12.8. The van der Waals surface area contributed by atoms with Crippen molar-refractivity contribution in [2.24, 2.45) is 0 Å². The molecule has 1 aromatic rings. The second kappa shape index (κ2) is 7.52. The Hall–Kier alpha value is -2.24. The van der Waals surface area contributed by atoms with Gasteiger partial charge in [0.15, 0.2) is 11.5 Å². The summed E-state index contributed by atoms with van der Waals surface area (Å²) < 4.78 is 10.4. The SMILES string of the molecule is CCCN(CC(=O)O)C(=O)c1cc(OC)c(OC)cc1C. The number of benzene rings is 1. The van der Waals surface area contributed by atoms with Crippen LogP contribution in [0.1, 0.15) is 29.3 Å². The van der Waals surface area contributed by atoms with E-state index in [0.29, 0.717) is 35.6 Å². The van der Waals surface area contributed by atoms with Gasteiger partial charge in [-0.3, -0.25) is 9.59 Å². The van der Waals surface area contributed by atoms with Crippen LogP contribution in [-0.2, 0) is 4.79 Å². The Balaban J connectivity index is 3.17. The molecule has 6 nitrogen and oxygen atoms in total. The van der Waals surface area contributed by atoms with E-state index in [2.05, 4.69) is 0 Å². The Kier molecular flexibility index (Phi) is 6.02.